The molecule has 0 saturated carbocycles. The van der Waals surface area contributed by atoms with Crippen LogP contribution in [-0.4, -0.2) is 43.4 Å². The number of carbonyl (C=O) groups excluding carboxylic acids is 1. The van der Waals surface area contributed by atoms with E-state index in [1.807, 2.05) is 29.2 Å². The van der Waals surface area contributed by atoms with E-state index in [2.05, 4.69) is 21.8 Å². The van der Waals surface area contributed by atoms with Gasteiger partial charge in [-0.2, -0.15) is 23.3 Å². The third-order valence-corrected chi connectivity index (χ3v) is 6.18. The number of nitrogens with zero attached hydrogens (tertiary/aromatic N) is 5. The number of amides is 1. The Kier molecular flexibility index (Phi) is 8.13. The molecule has 0 spiro atoms. The summed E-state index contributed by atoms with van der Waals surface area (Å²) >= 11 is 0. The number of piperidine rings is 1. The largest absolute Gasteiger partial charge is 0.492 e. The number of aryl methyl sites for hydroxylation is 1. The number of carbonyl (C=O) groups is 1. The van der Waals surface area contributed by atoms with E-state index in [-0.39, 0.29) is 24.2 Å². The van der Waals surface area contributed by atoms with E-state index in [0.29, 0.717) is 30.0 Å². The SMILES string of the molecule is C=C/C(=C\C=C(/C)OCc1c(-c2nc(-c3cccc(CN4CCCCC4=O)c3)no2)cnn1C)C(F)(F)F. The van der Waals surface area contributed by atoms with Crippen LogP contribution in [0.5, 0.6) is 0 Å². The summed E-state index contributed by atoms with van der Waals surface area (Å²) in [5, 5.41) is 8.35. The van der Waals surface area contributed by atoms with Crippen LogP contribution in [0.4, 0.5) is 13.2 Å². The van der Waals surface area contributed by atoms with Crippen LogP contribution in [-0.2, 0) is 29.7 Å². The van der Waals surface area contributed by atoms with Crippen molar-refractivity contribution in [3.05, 3.63) is 77.9 Å². The zero-order chi connectivity index (χ0) is 27.3. The molecule has 38 heavy (non-hydrogen) atoms. The molecule has 0 unspecified atom stereocenters. The number of benzene rings is 1. The highest BCUT2D eigenvalue weighted by Crippen LogP contribution is 2.28. The van der Waals surface area contributed by atoms with Gasteiger partial charge in [-0.25, -0.2) is 0 Å². The summed E-state index contributed by atoms with van der Waals surface area (Å²) in [6.07, 6.45) is 2.48. The van der Waals surface area contributed by atoms with Gasteiger partial charge in [0, 0.05) is 32.1 Å². The van der Waals surface area contributed by atoms with Crippen LogP contribution in [0.1, 0.15) is 37.4 Å². The fraction of sp³-hybridized carbons (Fsp3) is 0.333. The number of hydrogen-bond donors (Lipinski definition) is 0. The van der Waals surface area contributed by atoms with Crippen molar-refractivity contribution in [3.63, 3.8) is 0 Å². The molecule has 3 aromatic rings. The maximum Gasteiger partial charge on any atom is 0.416 e. The number of alkyl halides is 3. The average Bonchev–Trinajstić information content (AvgIpc) is 3.51. The Morgan fingerprint density at radius 1 is 1.26 bits per heavy atom. The zero-order valence-electron chi connectivity index (χ0n) is 21.2. The van der Waals surface area contributed by atoms with Gasteiger partial charge in [0.2, 0.25) is 11.7 Å². The van der Waals surface area contributed by atoms with E-state index in [0.717, 1.165) is 42.7 Å². The fourth-order valence-electron chi connectivity index (χ4n) is 4.04. The molecule has 2 aromatic heterocycles. The van der Waals surface area contributed by atoms with Crippen molar-refractivity contribution in [3.8, 4) is 22.8 Å². The number of halogens is 3. The summed E-state index contributed by atoms with van der Waals surface area (Å²) in [6, 6.07) is 7.65. The first-order chi connectivity index (χ1) is 18.2. The van der Waals surface area contributed by atoms with Crippen LogP contribution in [0.3, 0.4) is 0 Å². The van der Waals surface area contributed by atoms with Gasteiger partial charge in [-0.05, 0) is 43.5 Å². The van der Waals surface area contributed by atoms with Gasteiger partial charge in [0.05, 0.1) is 28.8 Å². The molecule has 4 rings (SSSR count). The summed E-state index contributed by atoms with van der Waals surface area (Å²) in [5.74, 6) is 1.05. The molecule has 0 aliphatic carbocycles. The van der Waals surface area contributed by atoms with E-state index in [1.54, 1.807) is 24.9 Å². The third-order valence-electron chi connectivity index (χ3n) is 6.18. The maximum absolute atomic E-state index is 12.9. The average molecular weight is 528 g/mol. The van der Waals surface area contributed by atoms with E-state index in [1.165, 1.54) is 6.08 Å². The van der Waals surface area contributed by atoms with E-state index in [4.69, 9.17) is 9.26 Å². The molecule has 8 nitrogen and oxygen atoms in total. The highest BCUT2D eigenvalue weighted by atomic mass is 19.4. The Bertz CT molecular complexity index is 1370. The van der Waals surface area contributed by atoms with Crippen molar-refractivity contribution in [1.29, 1.82) is 0 Å². The quantitative estimate of drug-likeness (QED) is 0.260. The topological polar surface area (TPSA) is 86.3 Å². The monoisotopic (exact) mass is 527 g/mol. The molecular formula is C27H28F3N5O3. The lowest BCUT2D eigenvalue weighted by Crippen LogP contribution is -2.34. The van der Waals surface area contributed by atoms with Crippen molar-refractivity contribution in [2.24, 2.45) is 7.05 Å². The predicted molar refractivity (Wildman–Crippen MR) is 134 cm³/mol. The highest BCUT2D eigenvalue weighted by molar-refractivity contribution is 5.76. The fourth-order valence-corrected chi connectivity index (χ4v) is 4.04. The first-order valence-electron chi connectivity index (χ1n) is 12.1. The second-order valence-electron chi connectivity index (χ2n) is 8.91. The normalized spacial score (nSPS) is 15.2. The Hall–Kier alpha value is -4.15. The molecule has 1 aromatic carbocycles. The summed E-state index contributed by atoms with van der Waals surface area (Å²) in [7, 11) is 1.71. The third kappa shape index (κ3) is 6.39. The predicted octanol–water partition coefficient (Wildman–Crippen LogP) is 5.74. The highest BCUT2D eigenvalue weighted by Gasteiger charge is 2.30. The lowest BCUT2D eigenvalue weighted by Gasteiger charge is -2.26. The van der Waals surface area contributed by atoms with Crippen LogP contribution >= 0.6 is 0 Å². The first-order valence-corrected chi connectivity index (χ1v) is 12.1. The molecule has 1 saturated heterocycles. The molecule has 11 heteroatoms. The first kappa shape index (κ1) is 26.9. The van der Waals surface area contributed by atoms with Gasteiger partial charge in [-0.1, -0.05) is 36.0 Å². The van der Waals surface area contributed by atoms with Gasteiger partial charge in [0.15, 0.2) is 0 Å². The maximum atomic E-state index is 12.9. The van der Waals surface area contributed by atoms with Gasteiger partial charge in [0.25, 0.3) is 5.89 Å². The number of aromatic nitrogens is 4. The molecule has 1 aliphatic heterocycles. The Morgan fingerprint density at radius 2 is 2.08 bits per heavy atom. The lowest BCUT2D eigenvalue weighted by atomic mass is 10.1. The number of hydrogen-bond acceptors (Lipinski definition) is 6. The van der Waals surface area contributed by atoms with Crippen LogP contribution in [0.25, 0.3) is 22.8 Å². The standard InChI is InChI=1S/C27H28F3N5O3/c1-4-21(27(28,29)30)12-11-18(2)37-17-23-22(15-31-34(23)3)26-32-25(33-38-26)20-9-7-8-19(14-20)16-35-13-6-5-10-24(35)36/h4,7-9,11-12,14-15H,1,5-6,10,13,16-17H2,2-3H3/b18-11+,21-12+. The smallest absolute Gasteiger partial charge is 0.416 e. The van der Waals surface area contributed by atoms with Crippen LogP contribution in [0, 0.1) is 0 Å². The molecule has 0 radical (unpaired) electrons. The second kappa shape index (κ2) is 11.5. The van der Waals surface area contributed by atoms with Crippen molar-refractivity contribution < 1.29 is 27.2 Å². The van der Waals surface area contributed by atoms with Crippen LogP contribution < -0.4 is 0 Å². The Labute approximate surface area is 218 Å². The Balaban J connectivity index is 1.48. The molecule has 3 heterocycles. The number of rotatable bonds is 9. The van der Waals surface area contributed by atoms with Gasteiger partial charge in [-0.15, -0.1) is 0 Å². The summed E-state index contributed by atoms with van der Waals surface area (Å²) in [5.41, 5.74) is 2.00. The minimum Gasteiger partial charge on any atom is -0.492 e. The van der Waals surface area contributed by atoms with Crippen molar-refractivity contribution in [1.82, 2.24) is 24.8 Å². The van der Waals surface area contributed by atoms with E-state index in [9.17, 15) is 18.0 Å². The van der Waals surface area contributed by atoms with Crippen molar-refractivity contribution in [2.45, 2.75) is 45.5 Å². The molecular weight excluding hydrogens is 499 g/mol. The molecule has 1 aliphatic rings. The summed E-state index contributed by atoms with van der Waals surface area (Å²) in [6.45, 7) is 6.06. The summed E-state index contributed by atoms with van der Waals surface area (Å²) < 4.78 is 51.4. The molecule has 0 bridgehead atoms. The number of allylic oxidation sites excluding steroid dienone is 5. The molecule has 0 atom stereocenters. The van der Waals surface area contributed by atoms with Crippen LogP contribution in [0.2, 0.25) is 0 Å². The van der Waals surface area contributed by atoms with E-state index < -0.39 is 11.7 Å². The van der Waals surface area contributed by atoms with Gasteiger partial charge >= 0.3 is 6.18 Å². The second-order valence-corrected chi connectivity index (χ2v) is 8.91. The number of likely N-dealkylation sites (tertiary alicyclic amines) is 1. The molecule has 1 fully saturated rings. The van der Waals surface area contributed by atoms with E-state index >= 15 is 0 Å². The Morgan fingerprint density at radius 3 is 2.82 bits per heavy atom. The van der Waals surface area contributed by atoms with Gasteiger partial charge in [0.1, 0.15) is 6.61 Å². The van der Waals surface area contributed by atoms with Gasteiger partial charge in [-0.3, -0.25) is 9.48 Å². The summed E-state index contributed by atoms with van der Waals surface area (Å²) in [4.78, 5) is 18.6. The minimum atomic E-state index is -4.49. The van der Waals surface area contributed by atoms with Crippen LogP contribution in [0.15, 0.2) is 71.1 Å². The lowest BCUT2D eigenvalue weighted by molar-refractivity contribution is -0.133. The molecule has 0 N–H and O–H groups in total. The number of ether oxygens (including phenoxy) is 1. The molecule has 200 valence electrons. The zero-order valence-corrected chi connectivity index (χ0v) is 21.2. The van der Waals surface area contributed by atoms with Gasteiger partial charge < -0.3 is 14.2 Å². The van der Waals surface area contributed by atoms with Crippen molar-refractivity contribution >= 4 is 5.91 Å². The minimum absolute atomic E-state index is 0.0223. The van der Waals surface area contributed by atoms with Crippen molar-refractivity contribution in [2.75, 3.05) is 6.54 Å². The molecule has 1 amide bonds.